The molecule has 2 fully saturated rings. The first kappa shape index (κ1) is 46.5. The van der Waals surface area contributed by atoms with E-state index in [9.17, 15) is 29.2 Å². The Labute approximate surface area is 373 Å². The van der Waals surface area contributed by atoms with Gasteiger partial charge in [0.25, 0.3) is 17.7 Å². The summed E-state index contributed by atoms with van der Waals surface area (Å²) >= 11 is 0. The molecule has 2 atom stereocenters. The molecule has 4 N–H and O–H groups in total. The molecule has 3 aliphatic rings. The second-order valence-electron chi connectivity index (χ2n) is 16.0. The number of benzene rings is 1. The molecule has 3 aromatic heterocycles. The van der Waals surface area contributed by atoms with Gasteiger partial charge in [-0.05, 0) is 51.3 Å². The molecule has 0 spiro atoms. The van der Waals surface area contributed by atoms with Crippen molar-refractivity contribution >= 4 is 51.9 Å². The quantitative estimate of drug-likeness (QED) is 0.0551. The number of anilines is 2. The largest absolute Gasteiger partial charge is 0.382 e. The lowest BCUT2D eigenvalue weighted by atomic mass is 10.0. The van der Waals surface area contributed by atoms with E-state index in [-0.39, 0.29) is 55.3 Å². The van der Waals surface area contributed by atoms with Crippen molar-refractivity contribution in [3.63, 3.8) is 0 Å². The van der Waals surface area contributed by atoms with Gasteiger partial charge in [0.1, 0.15) is 18.3 Å². The van der Waals surface area contributed by atoms with Gasteiger partial charge in [0.2, 0.25) is 11.8 Å². The number of rotatable bonds is 25. The van der Waals surface area contributed by atoms with E-state index in [1.165, 1.54) is 23.1 Å². The van der Waals surface area contributed by atoms with Gasteiger partial charge in [-0.15, -0.1) is 0 Å². The maximum Gasteiger partial charge on any atom is 0.264 e. The minimum absolute atomic E-state index is 0.0466. The van der Waals surface area contributed by atoms with Crippen molar-refractivity contribution in [1.82, 2.24) is 35.3 Å². The number of pyridine rings is 2. The zero-order valence-electron chi connectivity index (χ0n) is 36.1. The van der Waals surface area contributed by atoms with Crippen LogP contribution in [-0.2, 0) is 33.3 Å². The van der Waals surface area contributed by atoms with Crippen molar-refractivity contribution in [2.75, 3.05) is 83.2 Å². The molecule has 4 aromatic rings. The van der Waals surface area contributed by atoms with Crippen LogP contribution in [0.15, 0.2) is 48.9 Å². The number of nitriles is 1. The van der Waals surface area contributed by atoms with Crippen molar-refractivity contribution in [2.45, 2.75) is 63.4 Å². The number of imide groups is 2. The van der Waals surface area contributed by atoms with Gasteiger partial charge in [-0.2, -0.15) is 15.0 Å². The molecule has 0 radical (unpaired) electrons. The summed E-state index contributed by atoms with van der Waals surface area (Å²) in [5.41, 5.74) is 1.35. The molecule has 344 valence electrons. The lowest BCUT2D eigenvalue weighted by molar-refractivity contribution is -0.136. The van der Waals surface area contributed by atoms with Crippen molar-refractivity contribution in [2.24, 2.45) is 0 Å². The number of amides is 5. The highest BCUT2D eigenvalue weighted by Crippen LogP contribution is 2.33. The summed E-state index contributed by atoms with van der Waals surface area (Å²) in [6, 6.07) is 9.50. The van der Waals surface area contributed by atoms with Gasteiger partial charge in [0.05, 0.1) is 106 Å². The lowest BCUT2D eigenvalue weighted by Gasteiger charge is -2.29. The van der Waals surface area contributed by atoms with Gasteiger partial charge in [-0.25, -0.2) is 14.4 Å². The minimum atomic E-state index is -1.53. The zero-order valence-corrected chi connectivity index (χ0v) is 36.1. The smallest absolute Gasteiger partial charge is 0.264 e. The average Bonchev–Trinajstić information content (AvgIpc) is 3.95. The van der Waals surface area contributed by atoms with Crippen LogP contribution in [0.3, 0.4) is 0 Å². The summed E-state index contributed by atoms with van der Waals surface area (Å²) in [7, 11) is 0. The van der Waals surface area contributed by atoms with Crippen LogP contribution in [-0.4, -0.2) is 151 Å². The highest BCUT2D eigenvalue weighted by molar-refractivity contribution is 6.25. The van der Waals surface area contributed by atoms with E-state index in [2.05, 4.69) is 42.4 Å². The standard InChI is InChI=1S/C44H51FN10O10/c1-44(2,35(45)26-50-40(57)31-25-48-36(21-33(31)52-29-6-7-29)55-39-28(24-51-55)20-27(22-46)23-49-39)65-19-18-64-17-16-63-15-14-62-13-12-61-11-10-47-32-5-3-4-30-38(32)43(60)54(42(30)59)34-8-9-37(56)53-41(34)58/h3-5,20-21,23-25,29,34-35,47H,6-19,26H2,1-2H3,(H,48,52)(H,50,57)(H,53,56,58). The van der Waals surface area contributed by atoms with E-state index in [1.807, 2.05) is 0 Å². The highest BCUT2D eigenvalue weighted by Gasteiger charge is 2.45. The number of ether oxygens (including phenoxy) is 5. The van der Waals surface area contributed by atoms with E-state index >= 15 is 4.39 Å². The van der Waals surface area contributed by atoms with Crippen molar-refractivity contribution in [1.29, 1.82) is 5.26 Å². The fraction of sp³-hybridized carbons (Fsp3) is 0.477. The van der Waals surface area contributed by atoms with Gasteiger partial charge in [0, 0.05) is 48.5 Å². The second kappa shape index (κ2) is 21.5. The normalized spacial score (nSPS) is 16.6. The van der Waals surface area contributed by atoms with Gasteiger partial charge < -0.3 is 39.6 Å². The Bertz CT molecular complexity index is 2440. The van der Waals surface area contributed by atoms with Crippen LogP contribution >= 0.6 is 0 Å². The Kier molecular flexibility index (Phi) is 15.4. The van der Waals surface area contributed by atoms with Crippen LogP contribution in [0.4, 0.5) is 15.8 Å². The second-order valence-corrected chi connectivity index (χ2v) is 16.0. The number of nitrogens with zero attached hydrogens (tertiary/aromatic N) is 6. The summed E-state index contributed by atoms with van der Waals surface area (Å²) in [6.45, 7) is 5.88. The summed E-state index contributed by atoms with van der Waals surface area (Å²) in [6.07, 6.45) is 5.00. The topological polar surface area (TPSA) is 250 Å². The number of piperidine rings is 1. The predicted molar refractivity (Wildman–Crippen MR) is 230 cm³/mol. The minimum Gasteiger partial charge on any atom is -0.382 e. The molecule has 7 rings (SSSR count). The number of halogens is 1. The zero-order chi connectivity index (χ0) is 45.9. The average molecular weight is 899 g/mol. The van der Waals surface area contributed by atoms with E-state index in [4.69, 9.17) is 23.7 Å². The Morgan fingerprint density at radius 1 is 0.908 bits per heavy atom. The van der Waals surface area contributed by atoms with E-state index < -0.39 is 47.4 Å². The van der Waals surface area contributed by atoms with Crippen molar-refractivity contribution in [3.05, 3.63) is 71.2 Å². The third-order valence-electron chi connectivity index (χ3n) is 10.9. The van der Waals surface area contributed by atoms with Crippen LogP contribution in [0, 0.1) is 11.3 Å². The lowest BCUT2D eigenvalue weighted by Crippen LogP contribution is -2.54. The summed E-state index contributed by atoms with van der Waals surface area (Å²) in [5, 5.41) is 25.6. The number of aromatic nitrogens is 4. The predicted octanol–water partition coefficient (Wildman–Crippen LogP) is 2.70. The number of carbonyl (C=O) groups is 5. The van der Waals surface area contributed by atoms with Gasteiger partial charge >= 0.3 is 0 Å². The maximum absolute atomic E-state index is 15.4. The Hall–Kier alpha value is -6.44. The van der Waals surface area contributed by atoms with Crippen molar-refractivity contribution in [3.8, 4) is 11.9 Å². The Balaban J connectivity index is 0.715. The number of fused-ring (bicyclic) bond motifs is 2. The number of carbonyl (C=O) groups excluding carboxylic acids is 5. The SMILES string of the molecule is CC(C)(OCCOCCOCCOCCOCCNc1cccc2c1C(=O)N(C1CCC(=O)NC1=O)C2=O)C(F)CNC(=O)c1cnc(-n2ncc3cc(C#N)cnc32)cc1NC1CC1. The maximum atomic E-state index is 15.4. The van der Waals surface area contributed by atoms with Crippen LogP contribution in [0.5, 0.6) is 0 Å². The molecule has 1 saturated carbocycles. The van der Waals surface area contributed by atoms with Crippen LogP contribution in [0.2, 0.25) is 0 Å². The molecule has 1 aliphatic carbocycles. The van der Waals surface area contributed by atoms with Gasteiger partial charge in [-0.1, -0.05) is 6.07 Å². The molecule has 5 heterocycles. The van der Waals surface area contributed by atoms with E-state index in [1.54, 1.807) is 44.3 Å². The molecule has 0 bridgehead atoms. The number of hydrogen-bond donors (Lipinski definition) is 4. The van der Waals surface area contributed by atoms with E-state index in [0.717, 1.165) is 17.7 Å². The molecular weight excluding hydrogens is 848 g/mol. The highest BCUT2D eigenvalue weighted by atomic mass is 19.1. The van der Waals surface area contributed by atoms with Crippen molar-refractivity contribution < 1.29 is 52.0 Å². The number of alkyl halides is 1. The number of nitrogens with one attached hydrogen (secondary N) is 4. The monoisotopic (exact) mass is 898 g/mol. The molecule has 1 saturated heterocycles. The summed E-state index contributed by atoms with van der Waals surface area (Å²) in [5.74, 6) is -2.31. The summed E-state index contributed by atoms with van der Waals surface area (Å²) in [4.78, 5) is 73.1. The van der Waals surface area contributed by atoms with Crippen LogP contribution in [0.25, 0.3) is 16.9 Å². The molecule has 2 unspecified atom stereocenters. The third kappa shape index (κ3) is 11.6. The fourth-order valence-corrected chi connectivity index (χ4v) is 7.12. The Morgan fingerprint density at radius 3 is 2.31 bits per heavy atom. The van der Waals surface area contributed by atoms with Crippen LogP contribution < -0.4 is 21.3 Å². The molecule has 20 nitrogen and oxygen atoms in total. The van der Waals surface area contributed by atoms with Gasteiger partial charge in [-0.3, -0.25) is 34.2 Å². The molecule has 21 heteroatoms. The third-order valence-corrected chi connectivity index (χ3v) is 10.9. The molecular formula is C44H51FN10O10. The Morgan fingerprint density at radius 2 is 1.62 bits per heavy atom. The number of hydrogen-bond acceptors (Lipinski definition) is 16. The molecule has 1 aromatic carbocycles. The van der Waals surface area contributed by atoms with Crippen LogP contribution in [0.1, 0.15) is 76.2 Å². The first-order valence-corrected chi connectivity index (χ1v) is 21.4. The van der Waals surface area contributed by atoms with Gasteiger partial charge in [0.15, 0.2) is 11.5 Å². The summed E-state index contributed by atoms with van der Waals surface area (Å²) < 4.78 is 44.9. The molecule has 5 amide bonds. The first-order chi connectivity index (χ1) is 31.4. The fourth-order valence-electron chi connectivity index (χ4n) is 7.12. The first-order valence-electron chi connectivity index (χ1n) is 21.4. The molecule has 65 heavy (non-hydrogen) atoms. The van der Waals surface area contributed by atoms with E-state index in [0.29, 0.717) is 86.6 Å². The molecule has 2 aliphatic heterocycles.